The van der Waals surface area contributed by atoms with Crippen molar-refractivity contribution in [2.75, 3.05) is 13.6 Å². The van der Waals surface area contributed by atoms with Gasteiger partial charge in [-0.25, -0.2) is 4.39 Å². The second kappa shape index (κ2) is 8.44. The zero-order valence-electron chi connectivity index (χ0n) is 17.3. The van der Waals surface area contributed by atoms with E-state index in [1.54, 1.807) is 19.1 Å². The quantitative estimate of drug-likeness (QED) is 0.779. The molecular formula is C24H31FN2O. The second-order valence-electron chi connectivity index (χ2n) is 8.28. The van der Waals surface area contributed by atoms with Gasteiger partial charge in [-0.3, -0.25) is 9.69 Å². The van der Waals surface area contributed by atoms with Gasteiger partial charge in [-0.15, -0.1) is 0 Å². The van der Waals surface area contributed by atoms with Gasteiger partial charge in [-0.2, -0.15) is 0 Å². The van der Waals surface area contributed by atoms with E-state index in [4.69, 9.17) is 0 Å². The maximum absolute atomic E-state index is 14.0. The fourth-order valence-corrected chi connectivity index (χ4v) is 4.38. The predicted octanol–water partition coefficient (Wildman–Crippen LogP) is 5.12. The van der Waals surface area contributed by atoms with Crippen LogP contribution in [0.5, 0.6) is 0 Å². The van der Waals surface area contributed by atoms with Crippen LogP contribution in [0.25, 0.3) is 0 Å². The van der Waals surface area contributed by atoms with Gasteiger partial charge in [0.25, 0.3) is 5.91 Å². The van der Waals surface area contributed by atoms with Crippen LogP contribution >= 0.6 is 0 Å². The van der Waals surface area contributed by atoms with Crippen LogP contribution < -0.4 is 5.32 Å². The van der Waals surface area contributed by atoms with Crippen molar-refractivity contribution in [3.05, 3.63) is 71.0 Å². The van der Waals surface area contributed by atoms with Gasteiger partial charge in [0.15, 0.2) is 0 Å². The summed E-state index contributed by atoms with van der Waals surface area (Å²) in [6, 6.07) is 14.6. The molecule has 0 aromatic heterocycles. The summed E-state index contributed by atoms with van der Waals surface area (Å²) in [5, 5.41) is 3.24. The molecule has 0 spiro atoms. The Balaban J connectivity index is 1.94. The molecule has 0 saturated carbocycles. The average Bonchev–Trinajstić information content (AvgIpc) is 2.70. The fraction of sp³-hybridized carbons (Fsp3) is 0.458. The van der Waals surface area contributed by atoms with Gasteiger partial charge in [0, 0.05) is 17.6 Å². The molecule has 2 aromatic carbocycles. The number of carbonyl (C=O) groups excluding carboxylic acids is 1. The third kappa shape index (κ3) is 3.97. The third-order valence-electron chi connectivity index (χ3n) is 6.58. The summed E-state index contributed by atoms with van der Waals surface area (Å²) in [7, 11) is 2.15. The minimum absolute atomic E-state index is 0.174. The van der Waals surface area contributed by atoms with Crippen LogP contribution in [0.3, 0.4) is 0 Å². The number of nitrogens with one attached hydrogen (secondary N) is 1. The number of halogens is 1. The predicted molar refractivity (Wildman–Crippen MR) is 112 cm³/mol. The number of benzene rings is 2. The first-order valence-corrected chi connectivity index (χ1v) is 10.2. The first-order valence-electron chi connectivity index (χ1n) is 10.2. The van der Waals surface area contributed by atoms with Crippen LogP contribution in [0, 0.1) is 18.7 Å². The number of amides is 1. The van der Waals surface area contributed by atoms with Crippen LogP contribution in [0.2, 0.25) is 0 Å². The highest BCUT2D eigenvalue weighted by molar-refractivity contribution is 5.96. The van der Waals surface area contributed by atoms with Crippen LogP contribution in [0.1, 0.15) is 60.6 Å². The molecule has 1 heterocycles. The Bertz CT molecular complexity index is 823. The fourth-order valence-electron chi connectivity index (χ4n) is 4.38. The number of rotatable bonds is 5. The Labute approximate surface area is 167 Å². The van der Waals surface area contributed by atoms with Crippen LogP contribution in [-0.4, -0.2) is 29.9 Å². The lowest BCUT2D eigenvalue weighted by atomic mass is 9.75. The summed E-state index contributed by atoms with van der Waals surface area (Å²) >= 11 is 0. The zero-order valence-corrected chi connectivity index (χ0v) is 17.3. The number of carbonyl (C=O) groups is 1. The monoisotopic (exact) mass is 382 g/mol. The Morgan fingerprint density at radius 1 is 1.25 bits per heavy atom. The molecule has 28 heavy (non-hydrogen) atoms. The van der Waals surface area contributed by atoms with Crippen LogP contribution in [0.4, 0.5) is 4.39 Å². The molecular weight excluding hydrogens is 351 g/mol. The van der Waals surface area contributed by atoms with Crippen molar-refractivity contribution in [3.8, 4) is 0 Å². The van der Waals surface area contributed by atoms with Gasteiger partial charge < -0.3 is 5.32 Å². The normalized spacial score (nSPS) is 24.0. The summed E-state index contributed by atoms with van der Waals surface area (Å²) in [6.45, 7) is 7.15. The maximum atomic E-state index is 14.0. The van der Waals surface area contributed by atoms with Crippen LogP contribution in [-0.2, 0) is 0 Å². The van der Waals surface area contributed by atoms with Crippen molar-refractivity contribution in [2.45, 2.75) is 51.6 Å². The Hall–Kier alpha value is -2.20. The van der Waals surface area contributed by atoms with Crippen molar-refractivity contribution in [3.63, 3.8) is 0 Å². The van der Waals surface area contributed by atoms with Gasteiger partial charge in [-0.05, 0) is 62.9 Å². The standard InChI is InChI=1S/C24H31FN2O/c1-5-18-14-15-24(3,27(4)16-18)22(19-10-7-6-8-11-19)26-23(28)20-12-9-13-21(25)17(20)2/h6-13,18,22H,5,14-16H2,1-4H3,(H,26,28). The van der Waals surface area contributed by atoms with Crippen molar-refractivity contribution in [2.24, 2.45) is 5.92 Å². The molecule has 2 aromatic rings. The number of nitrogens with zero attached hydrogens (tertiary/aromatic N) is 1. The molecule has 1 amide bonds. The molecule has 150 valence electrons. The molecule has 3 nitrogen and oxygen atoms in total. The summed E-state index contributed by atoms with van der Waals surface area (Å²) in [5.74, 6) is 0.115. The number of hydrogen-bond donors (Lipinski definition) is 1. The van der Waals surface area contributed by atoms with E-state index >= 15 is 0 Å². The molecule has 1 N–H and O–H groups in total. The SMILES string of the molecule is CCC1CCC(C)(C(NC(=O)c2cccc(F)c2C)c2ccccc2)N(C)C1. The third-order valence-corrected chi connectivity index (χ3v) is 6.58. The lowest BCUT2D eigenvalue weighted by Gasteiger charge is -2.50. The lowest BCUT2D eigenvalue weighted by molar-refractivity contribution is 0.0229. The minimum atomic E-state index is -0.351. The topological polar surface area (TPSA) is 32.3 Å². The van der Waals surface area contributed by atoms with Gasteiger partial charge in [0.1, 0.15) is 5.82 Å². The van der Waals surface area contributed by atoms with E-state index in [1.165, 1.54) is 12.5 Å². The zero-order chi connectivity index (χ0) is 20.3. The molecule has 1 aliphatic rings. The van der Waals surface area contributed by atoms with E-state index in [0.29, 0.717) is 17.0 Å². The van der Waals surface area contributed by atoms with Crippen LogP contribution in [0.15, 0.2) is 48.5 Å². The summed E-state index contributed by atoms with van der Waals surface area (Å²) in [4.78, 5) is 15.5. The number of likely N-dealkylation sites (tertiary alicyclic amines) is 1. The molecule has 4 heteroatoms. The Morgan fingerprint density at radius 3 is 2.61 bits per heavy atom. The van der Waals surface area contributed by atoms with E-state index < -0.39 is 0 Å². The average molecular weight is 383 g/mol. The van der Waals surface area contributed by atoms with Crippen molar-refractivity contribution < 1.29 is 9.18 Å². The molecule has 1 fully saturated rings. The number of likely N-dealkylation sites (N-methyl/N-ethyl adjacent to an activating group) is 1. The van der Waals surface area contributed by atoms with Gasteiger partial charge in [-0.1, -0.05) is 49.7 Å². The first kappa shape index (κ1) is 20.5. The van der Waals surface area contributed by atoms with E-state index in [1.807, 2.05) is 18.2 Å². The van der Waals surface area contributed by atoms with Crippen molar-refractivity contribution >= 4 is 5.91 Å². The van der Waals surface area contributed by atoms with Crippen molar-refractivity contribution in [1.82, 2.24) is 10.2 Å². The van der Waals surface area contributed by atoms with E-state index in [9.17, 15) is 9.18 Å². The molecule has 3 atom stereocenters. The molecule has 0 aliphatic carbocycles. The van der Waals surface area contributed by atoms with Gasteiger partial charge >= 0.3 is 0 Å². The van der Waals surface area contributed by atoms with Gasteiger partial charge in [0.05, 0.1) is 6.04 Å². The van der Waals surface area contributed by atoms with Gasteiger partial charge in [0.2, 0.25) is 0 Å². The summed E-state index contributed by atoms with van der Waals surface area (Å²) in [6.07, 6.45) is 3.32. The first-order chi connectivity index (χ1) is 13.4. The second-order valence-corrected chi connectivity index (χ2v) is 8.28. The van der Waals surface area contributed by atoms with Crippen molar-refractivity contribution in [1.29, 1.82) is 0 Å². The number of piperidine rings is 1. The lowest BCUT2D eigenvalue weighted by Crippen LogP contribution is -2.57. The molecule has 0 bridgehead atoms. The van der Waals surface area contributed by atoms with E-state index in [2.05, 4.69) is 43.2 Å². The molecule has 0 radical (unpaired) electrons. The van der Waals surface area contributed by atoms with E-state index in [0.717, 1.165) is 24.9 Å². The maximum Gasteiger partial charge on any atom is 0.252 e. The number of hydrogen-bond acceptors (Lipinski definition) is 2. The molecule has 1 saturated heterocycles. The summed E-state index contributed by atoms with van der Waals surface area (Å²) < 4.78 is 14.0. The highest BCUT2D eigenvalue weighted by Crippen LogP contribution is 2.40. The minimum Gasteiger partial charge on any atom is -0.343 e. The Kier molecular flexibility index (Phi) is 6.19. The largest absolute Gasteiger partial charge is 0.343 e. The molecule has 3 unspecified atom stereocenters. The molecule has 1 aliphatic heterocycles. The smallest absolute Gasteiger partial charge is 0.252 e. The highest BCUT2D eigenvalue weighted by Gasteiger charge is 2.43. The highest BCUT2D eigenvalue weighted by atomic mass is 19.1. The summed E-state index contributed by atoms with van der Waals surface area (Å²) in [5.41, 5.74) is 1.66. The van der Waals surface area contributed by atoms with E-state index in [-0.39, 0.29) is 23.3 Å². The molecule has 3 rings (SSSR count). The Morgan fingerprint density at radius 2 is 1.96 bits per heavy atom.